The van der Waals surface area contributed by atoms with E-state index in [1.165, 1.54) is 0 Å². The summed E-state index contributed by atoms with van der Waals surface area (Å²) in [6.45, 7) is 0.108. The maximum absolute atomic E-state index is 8.77. The molecule has 0 bridgehead atoms. The molecule has 2 aromatic rings. The minimum absolute atomic E-state index is 0.108. The Kier molecular flexibility index (Phi) is 2.52. The number of hydrogen-bond acceptors (Lipinski definition) is 3. The second kappa shape index (κ2) is 3.82. The Bertz CT molecular complexity index is 422. The standard InChI is InChI=1S/C11H13NO2/c12-10(3-5-13)9-2-1-8-4-6-14-11(8)7-9/h1-2,4,6-7,10,13H,3,5,12H2/t10-/m1/s1. The van der Waals surface area contributed by atoms with Crippen LogP contribution in [0.4, 0.5) is 0 Å². The van der Waals surface area contributed by atoms with E-state index in [1.54, 1.807) is 6.26 Å². The van der Waals surface area contributed by atoms with Gasteiger partial charge in [-0.3, -0.25) is 0 Å². The summed E-state index contributed by atoms with van der Waals surface area (Å²) in [6.07, 6.45) is 2.23. The van der Waals surface area contributed by atoms with Crippen LogP contribution >= 0.6 is 0 Å². The first-order chi connectivity index (χ1) is 6.81. The number of aliphatic hydroxyl groups is 1. The maximum Gasteiger partial charge on any atom is 0.134 e. The van der Waals surface area contributed by atoms with E-state index < -0.39 is 0 Å². The summed E-state index contributed by atoms with van der Waals surface area (Å²) in [6, 6.07) is 7.67. The molecule has 0 fully saturated rings. The van der Waals surface area contributed by atoms with Gasteiger partial charge in [-0.05, 0) is 24.1 Å². The molecule has 74 valence electrons. The molecule has 2 rings (SSSR count). The summed E-state index contributed by atoms with van der Waals surface area (Å²) in [7, 11) is 0. The molecule has 0 saturated carbocycles. The van der Waals surface area contributed by atoms with Gasteiger partial charge in [0.2, 0.25) is 0 Å². The zero-order valence-electron chi connectivity index (χ0n) is 7.81. The van der Waals surface area contributed by atoms with Crippen molar-refractivity contribution in [3.63, 3.8) is 0 Å². The fraction of sp³-hybridized carbons (Fsp3) is 0.273. The van der Waals surface area contributed by atoms with Crippen LogP contribution in [0.2, 0.25) is 0 Å². The van der Waals surface area contributed by atoms with Crippen LogP contribution in [0, 0.1) is 0 Å². The van der Waals surface area contributed by atoms with Crippen molar-refractivity contribution < 1.29 is 9.52 Å². The van der Waals surface area contributed by atoms with Crippen LogP contribution in [0.25, 0.3) is 11.0 Å². The minimum atomic E-state index is -0.116. The van der Waals surface area contributed by atoms with Crippen LogP contribution in [0.5, 0.6) is 0 Å². The lowest BCUT2D eigenvalue weighted by molar-refractivity contribution is 0.276. The van der Waals surface area contributed by atoms with Gasteiger partial charge in [0, 0.05) is 18.0 Å². The number of fused-ring (bicyclic) bond motifs is 1. The Hall–Kier alpha value is -1.32. The third kappa shape index (κ3) is 1.64. The normalized spacial score (nSPS) is 13.3. The summed E-state index contributed by atoms with van der Waals surface area (Å²) in [4.78, 5) is 0. The number of furan rings is 1. The quantitative estimate of drug-likeness (QED) is 0.777. The van der Waals surface area contributed by atoms with Gasteiger partial charge in [-0.25, -0.2) is 0 Å². The number of nitrogens with two attached hydrogens (primary N) is 1. The van der Waals surface area contributed by atoms with Gasteiger partial charge in [-0.2, -0.15) is 0 Å². The van der Waals surface area contributed by atoms with Gasteiger partial charge in [0.1, 0.15) is 5.58 Å². The van der Waals surface area contributed by atoms with E-state index in [0.29, 0.717) is 6.42 Å². The van der Waals surface area contributed by atoms with Crippen molar-refractivity contribution >= 4 is 11.0 Å². The van der Waals surface area contributed by atoms with Crippen molar-refractivity contribution in [3.05, 3.63) is 36.1 Å². The second-order valence-electron chi connectivity index (χ2n) is 3.34. The number of hydrogen-bond donors (Lipinski definition) is 2. The predicted octanol–water partition coefficient (Wildman–Crippen LogP) is 1.81. The molecule has 3 heteroatoms. The fourth-order valence-electron chi connectivity index (χ4n) is 1.51. The molecule has 0 aliphatic carbocycles. The largest absolute Gasteiger partial charge is 0.464 e. The SMILES string of the molecule is N[C@H](CCO)c1ccc2ccoc2c1. The van der Waals surface area contributed by atoms with E-state index in [0.717, 1.165) is 16.5 Å². The lowest BCUT2D eigenvalue weighted by atomic mass is 10.0. The first-order valence-corrected chi connectivity index (χ1v) is 4.65. The summed E-state index contributed by atoms with van der Waals surface area (Å²) < 4.78 is 5.27. The Balaban J connectivity index is 2.33. The Morgan fingerprint density at radius 1 is 1.36 bits per heavy atom. The van der Waals surface area contributed by atoms with E-state index in [-0.39, 0.29) is 12.6 Å². The second-order valence-corrected chi connectivity index (χ2v) is 3.34. The molecule has 0 spiro atoms. The highest BCUT2D eigenvalue weighted by Gasteiger charge is 2.06. The first kappa shape index (κ1) is 9.24. The van der Waals surface area contributed by atoms with Crippen LogP contribution < -0.4 is 5.73 Å². The molecule has 14 heavy (non-hydrogen) atoms. The molecule has 0 aliphatic rings. The lowest BCUT2D eigenvalue weighted by Gasteiger charge is -2.09. The Morgan fingerprint density at radius 3 is 3.00 bits per heavy atom. The smallest absolute Gasteiger partial charge is 0.134 e. The molecule has 3 N–H and O–H groups in total. The highest BCUT2D eigenvalue weighted by molar-refractivity contribution is 5.77. The lowest BCUT2D eigenvalue weighted by Crippen LogP contribution is -2.11. The predicted molar refractivity (Wildman–Crippen MR) is 54.8 cm³/mol. The number of rotatable bonds is 3. The van der Waals surface area contributed by atoms with Crippen LogP contribution in [0.3, 0.4) is 0 Å². The molecule has 0 radical (unpaired) electrons. The van der Waals surface area contributed by atoms with Crippen LogP contribution in [0.1, 0.15) is 18.0 Å². The highest BCUT2D eigenvalue weighted by Crippen LogP contribution is 2.21. The average Bonchev–Trinajstić information content (AvgIpc) is 2.64. The van der Waals surface area contributed by atoms with Crippen LogP contribution in [-0.2, 0) is 0 Å². The van der Waals surface area contributed by atoms with E-state index >= 15 is 0 Å². The van der Waals surface area contributed by atoms with Gasteiger partial charge in [0.25, 0.3) is 0 Å². The third-order valence-electron chi connectivity index (χ3n) is 2.35. The van der Waals surface area contributed by atoms with Gasteiger partial charge in [-0.15, -0.1) is 0 Å². The van der Waals surface area contributed by atoms with Gasteiger partial charge in [-0.1, -0.05) is 12.1 Å². The molecule has 0 unspecified atom stereocenters. The maximum atomic E-state index is 8.77. The van der Waals surface area contributed by atoms with Crippen molar-refractivity contribution in [2.75, 3.05) is 6.61 Å². The summed E-state index contributed by atoms with van der Waals surface area (Å²) in [5.41, 5.74) is 7.71. The molecule has 1 aromatic carbocycles. The van der Waals surface area contributed by atoms with Crippen molar-refractivity contribution in [3.8, 4) is 0 Å². The summed E-state index contributed by atoms with van der Waals surface area (Å²) in [5, 5.41) is 9.84. The molecular weight excluding hydrogens is 178 g/mol. The van der Waals surface area contributed by atoms with Gasteiger partial charge < -0.3 is 15.3 Å². The topological polar surface area (TPSA) is 59.4 Å². The first-order valence-electron chi connectivity index (χ1n) is 4.65. The zero-order chi connectivity index (χ0) is 9.97. The molecular formula is C11H13NO2. The van der Waals surface area contributed by atoms with Crippen molar-refractivity contribution in [2.45, 2.75) is 12.5 Å². The Labute approximate surface area is 82.1 Å². The van der Waals surface area contributed by atoms with E-state index in [1.807, 2.05) is 24.3 Å². The van der Waals surface area contributed by atoms with Crippen molar-refractivity contribution in [1.82, 2.24) is 0 Å². The molecule has 0 aliphatic heterocycles. The molecule has 1 heterocycles. The highest BCUT2D eigenvalue weighted by atomic mass is 16.3. The molecule has 1 aromatic heterocycles. The van der Waals surface area contributed by atoms with Crippen molar-refractivity contribution in [2.24, 2.45) is 5.73 Å². The third-order valence-corrected chi connectivity index (χ3v) is 2.35. The van der Waals surface area contributed by atoms with E-state index in [4.69, 9.17) is 15.3 Å². The monoisotopic (exact) mass is 191 g/mol. The minimum Gasteiger partial charge on any atom is -0.464 e. The van der Waals surface area contributed by atoms with Gasteiger partial charge >= 0.3 is 0 Å². The van der Waals surface area contributed by atoms with Gasteiger partial charge in [0.05, 0.1) is 6.26 Å². The van der Waals surface area contributed by atoms with E-state index in [2.05, 4.69) is 0 Å². The summed E-state index contributed by atoms with van der Waals surface area (Å²) in [5.74, 6) is 0. The number of aliphatic hydroxyl groups excluding tert-OH is 1. The molecule has 3 nitrogen and oxygen atoms in total. The van der Waals surface area contributed by atoms with Crippen LogP contribution in [-0.4, -0.2) is 11.7 Å². The Morgan fingerprint density at radius 2 is 2.21 bits per heavy atom. The average molecular weight is 191 g/mol. The molecule has 1 atom stereocenters. The van der Waals surface area contributed by atoms with E-state index in [9.17, 15) is 0 Å². The molecule has 0 amide bonds. The van der Waals surface area contributed by atoms with Crippen molar-refractivity contribution in [1.29, 1.82) is 0 Å². The fourth-order valence-corrected chi connectivity index (χ4v) is 1.51. The molecule has 0 saturated heterocycles. The van der Waals surface area contributed by atoms with Gasteiger partial charge in [0.15, 0.2) is 0 Å². The zero-order valence-corrected chi connectivity index (χ0v) is 7.81. The summed E-state index contributed by atoms with van der Waals surface area (Å²) >= 11 is 0. The number of benzene rings is 1. The van der Waals surface area contributed by atoms with Crippen LogP contribution in [0.15, 0.2) is 34.9 Å².